The molecule has 0 aromatic heterocycles. The maximum Gasteiger partial charge on any atom is 0.417 e. The van der Waals surface area contributed by atoms with Crippen molar-refractivity contribution in [3.8, 4) is 11.1 Å². The molecule has 6 nitrogen and oxygen atoms in total. The normalized spacial score (nSPS) is 16.8. The average Bonchev–Trinajstić information content (AvgIpc) is 3.23. The Morgan fingerprint density at radius 2 is 1.86 bits per heavy atom. The third-order valence-electron chi connectivity index (χ3n) is 5.58. The molecule has 0 unspecified atom stereocenters. The number of sulfone groups is 1. The molecule has 0 saturated carbocycles. The number of ether oxygens (including phenoxy) is 1. The highest BCUT2D eigenvalue weighted by Gasteiger charge is 2.37. The van der Waals surface area contributed by atoms with Crippen molar-refractivity contribution < 1.29 is 31.1 Å². The van der Waals surface area contributed by atoms with Gasteiger partial charge in [0.2, 0.25) is 0 Å². The number of carbonyl (C=O) groups excluding carboxylic acids is 1. The Morgan fingerprint density at radius 3 is 2.43 bits per heavy atom. The van der Waals surface area contributed by atoms with Gasteiger partial charge in [0.25, 0.3) is 0 Å². The van der Waals surface area contributed by atoms with Gasteiger partial charge in [0.1, 0.15) is 5.60 Å². The van der Waals surface area contributed by atoms with Crippen LogP contribution in [0.2, 0.25) is 5.02 Å². The number of hydrogen-bond acceptors (Lipinski definition) is 6. The molecule has 0 N–H and O–H groups in total. The van der Waals surface area contributed by atoms with E-state index >= 15 is 0 Å². The van der Waals surface area contributed by atoms with E-state index in [0.717, 1.165) is 11.4 Å². The smallest absolute Gasteiger partial charge is 0.417 e. The monoisotopic (exact) mass is 574 g/mol. The van der Waals surface area contributed by atoms with E-state index in [4.69, 9.17) is 16.3 Å². The lowest BCUT2D eigenvalue weighted by molar-refractivity contribution is -0.137. The second kappa shape index (κ2) is 11.1. The van der Waals surface area contributed by atoms with Gasteiger partial charge >= 0.3 is 12.3 Å². The Hall–Kier alpha value is -2.50. The fraction of sp³-hybridized carbons (Fsp3) is 0.400. The number of thiocarbonyl (C=S) groups is 1. The summed E-state index contributed by atoms with van der Waals surface area (Å²) in [6, 6.07) is 6.61. The van der Waals surface area contributed by atoms with Gasteiger partial charge in [-0.05, 0) is 63.4 Å². The van der Waals surface area contributed by atoms with Crippen molar-refractivity contribution >= 4 is 57.0 Å². The molecule has 1 amide bonds. The van der Waals surface area contributed by atoms with Crippen molar-refractivity contribution in [2.24, 2.45) is 4.99 Å². The van der Waals surface area contributed by atoms with Crippen LogP contribution in [-0.4, -0.2) is 54.9 Å². The first-order valence-electron chi connectivity index (χ1n) is 11.3. The number of likely N-dealkylation sites (tertiary alicyclic amines) is 1. The van der Waals surface area contributed by atoms with Crippen LogP contribution in [0.25, 0.3) is 11.1 Å². The molecule has 12 heteroatoms. The number of amides is 1. The predicted molar refractivity (Wildman–Crippen MR) is 142 cm³/mol. The lowest BCUT2D eigenvalue weighted by Crippen LogP contribution is -2.42. The highest BCUT2D eigenvalue weighted by Crippen LogP contribution is 2.43. The van der Waals surface area contributed by atoms with Crippen LogP contribution in [-0.2, 0) is 20.8 Å². The van der Waals surface area contributed by atoms with Crippen LogP contribution in [0.3, 0.4) is 0 Å². The SMILES string of the molecule is CC(C)(C)OC(=O)N1CCC[C@H]1CS(=O)(=O)c1ccc(-c2c(Cl)cc(N=CC=S)cc2C(F)(F)F)cc1. The number of halogens is 4. The molecule has 1 atom stereocenters. The second-order valence-corrected chi connectivity index (χ2v) is 12.3. The number of carbonyl (C=O) groups is 1. The lowest BCUT2D eigenvalue weighted by Gasteiger charge is -2.28. The first kappa shape index (κ1) is 29.1. The molecule has 200 valence electrons. The van der Waals surface area contributed by atoms with E-state index in [1.807, 2.05) is 0 Å². The fourth-order valence-electron chi connectivity index (χ4n) is 4.05. The van der Waals surface area contributed by atoms with E-state index in [-0.39, 0.29) is 32.5 Å². The van der Waals surface area contributed by atoms with Crippen LogP contribution in [0, 0.1) is 0 Å². The Labute approximate surface area is 224 Å². The molecule has 1 heterocycles. The van der Waals surface area contributed by atoms with Crippen LogP contribution in [0.4, 0.5) is 23.7 Å². The zero-order chi connectivity index (χ0) is 27.6. The van der Waals surface area contributed by atoms with Crippen molar-refractivity contribution in [2.45, 2.75) is 56.3 Å². The molecule has 2 aromatic carbocycles. The summed E-state index contributed by atoms with van der Waals surface area (Å²) in [4.78, 5) is 17.7. The third kappa shape index (κ3) is 7.30. The molecular formula is C25H26ClF3N2O4S2. The zero-order valence-electron chi connectivity index (χ0n) is 20.4. The van der Waals surface area contributed by atoms with Gasteiger partial charge in [0, 0.05) is 29.7 Å². The molecule has 37 heavy (non-hydrogen) atoms. The van der Waals surface area contributed by atoms with E-state index in [1.54, 1.807) is 20.8 Å². The van der Waals surface area contributed by atoms with E-state index in [1.165, 1.54) is 41.4 Å². The summed E-state index contributed by atoms with van der Waals surface area (Å²) in [7, 11) is -3.86. The number of benzene rings is 2. The van der Waals surface area contributed by atoms with Crippen molar-refractivity contribution in [3.63, 3.8) is 0 Å². The number of rotatable bonds is 6. The predicted octanol–water partition coefficient (Wildman–Crippen LogP) is 6.90. The van der Waals surface area contributed by atoms with Crippen molar-refractivity contribution in [1.29, 1.82) is 0 Å². The summed E-state index contributed by atoms with van der Waals surface area (Å²) in [5.41, 5.74) is -1.94. The highest BCUT2D eigenvalue weighted by molar-refractivity contribution is 7.91. The fourth-order valence-corrected chi connectivity index (χ4v) is 6.03. The molecule has 0 bridgehead atoms. The molecule has 0 radical (unpaired) electrons. The maximum absolute atomic E-state index is 13.8. The van der Waals surface area contributed by atoms with E-state index in [9.17, 15) is 26.4 Å². The molecule has 2 aromatic rings. The van der Waals surface area contributed by atoms with Crippen LogP contribution < -0.4 is 0 Å². The first-order chi connectivity index (χ1) is 17.1. The summed E-state index contributed by atoms with van der Waals surface area (Å²) in [5, 5.41) is 0.966. The van der Waals surface area contributed by atoms with Gasteiger partial charge in [0.05, 0.1) is 26.9 Å². The Balaban J connectivity index is 1.89. The molecular weight excluding hydrogens is 549 g/mol. The first-order valence-corrected chi connectivity index (χ1v) is 13.8. The van der Waals surface area contributed by atoms with Crippen molar-refractivity contribution in [3.05, 3.63) is 47.0 Å². The molecule has 1 aliphatic rings. The summed E-state index contributed by atoms with van der Waals surface area (Å²) in [6.45, 7) is 5.57. The second-order valence-electron chi connectivity index (χ2n) is 9.54. The topological polar surface area (TPSA) is 76.0 Å². The molecule has 1 fully saturated rings. The summed E-state index contributed by atoms with van der Waals surface area (Å²) in [5.74, 6) is -0.327. The van der Waals surface area contributed by atoms with Crippen LogP contribution in [0.1, 0.15) is 39.2 Å². The standard InChI is InChI=1S/C25H26ClF3N2O4S2/c1-24(2,3)35-23(32)31-11-4-5-18(31)15-37(33,34)19-8-6-16(7-9-19)22-20(25(27,28)29)13-17(14-21(22)26)30-10-12-36/h6-10,12-14,18H,4-5,11,15H2,1-3H3/t18-/m0/s1. The van der Waals surface area contributed by atoms with Crippen molar-refractivity contribution in [2.75, 3.05) is 12.3 Å². The lowest BCUT2D eigenvalue weighted by atomic mass is 9.98. The number of aliphatic imine (C=N–C) groups is 1. The van der Waals surface area contributed by atoms with Gasteiger partial charge in [-0.2, -0.15) is 13.2 Å². The Bertz CT molecular complexity index is 1300. The number of alkyl halides is 3. The van der Waals surface area contributed by atoms with Gasteiger partial charge < -0.3 is 9.64 Å². The third-order valence-corrected chi connectivity index (χ3v) is 7.82. The van der Waals surface area contributed by atoms with Crippen LogP contribution >= 0.6 is 23.8 Å². The molecule has 1 aliphatic heterocycles. The number of nitrogens with zero attached hydrogens (tertiary/aromatic N) is 2. The summed E-state index contributed by atoms with van der Waals surface area (Å²) in [6.07, 6.45) is -3.00. The van der Waals surface area contributed by atoms with Crippen molar-refractivity contribution in [1.82, 2.24) is 4.90 Å². The van der Waals surface area contributed by atoms with Gasteiger partial charge in [-0.25, -0.2) is 13.2 Å². The summed E-state index contributed by atoms with van der Waals surface area (Å²) >= 11 is 10.8. The van der Waals surface area contributed by atoms with Crippen LogP contribution in [0.5, 0.6) is 0 Å². The minimum Gasteiger partial charge on any atom is -0.444 e. The van der Waals surface area contributed by atoms with E-state index < -0.39 is 39.3 Å². The van der Waals surface area contributed by atoms with Gasteiger partial charge in [-0.1, -0.05) is 36.0 Å². The van der Waals surface area contributed by atoms with E-state index in [2.05, 4.69) is 17.2 Å². The number of hydrogen-bond donors (Lipinski definition) is 0. The zero-order valence-corrected chi connectivity index (χ0v) is 22.8. The molecule has 1 saturated heterocycles. The maximum atomic E-state index is 13.8. The van der Waals surface area contributed by atoms with Gasteiger partial charge in [0.15, 0.2) is 9.84 Å². The van der Waals surface area contributed by atoms with E-state index in [0.29, 0.717) is 19.4 Å². The Kier molecular flexibility index (Phi) is 8.71. The molecule has 0 aliphatic carbocycles. The quantitative estimate of drug-likeness (QED) is 0.277. The minimum absolute atomic E-state index is 0.0209. The molecule has 0 spiro atoms. The van der Waals surface area contributed by atoms with Gasteiger partial charge in [-0.3, -0.25) is 4.99 Å². The average molecular weight is 575 g/mol. The van der Waals surface area contributed by atoms with Gasteiger partial charge in [-0.15, -0.1) is 0 Å². The summed E-state index contributed by atoms with van der Waals surface area (Å²) < 4.78 is 73.1. The largest absolute Gasteiger partial charge is 0.444 e. The van der Waals surface area contributed by atoms with Crippen LogP contribution in [0.15, 0.2) is 46.3 Å². The highest BCUT2D eigenvalue weighted by atomic mass is 35.5. The minimum atomic E-state index is -4.74. The molecule has 3 rings (SSSR count). The Morgan fingerprint density at radius 1 is 1.22 bits per heavy atom.